The summed E-state index contributed by atoms with van der Waals surface area (Å²) in [6, 6.07) is 9.17. The van der Waals surface area contributed by atoms with Crippen molar-refractivity contribution in [2.75, 3.05) is 13.7 Å². The van der Waals surface area contributed by atoms with Gasteiger partial charge in [0.1, 0.15) is 6.61 Å². The second kappa shape index (κ2) is 8.38. The Morgan fingerprint density at radius 1 is 1.27 bits per heavy atom. The third kappa shape index (κ3) is 5.37. The van der Waals surface area contributed by atoms with Gasteiger partial charge in [-0.25, -0.2) is 9.59 Å². The number of nitrogens with one attached hydrogen (secondary N) is 1. The van der Waals surface area contributed by atoms with Gasteiger partial charge < -0.3 is 19.9 Å². The standard InChI is InChI=1S/C16H23NO5/c1-12(2)9-16(11-21-3,14(18)19)17-15(20)22-10-13-7-5-4-6-8-13/h4-8,12H,9-11H2,1-3H3,(H,17,20)(H,18,19). The van der Waals surface area contributed by atoms with Crippen molar-refractivity contribution in [2.24, 2.45) is 5.92 Å². The first-order valence-corrected chi connectivity index (χ1v) is 7.11. The molecule has 0 spiro atoms. The van der Waals surface area contributed by atoms with Crippen LogP contribution in [0.1, 0.15) is 25.8 Å². The fraction of sp³-hybridized carbons (Fsp3) is 0.500. The van der Waals surface area contributed by atoms with Crippen LogP contribution in [0.15, 0.2) is 30.3 Å². The molecule has 0 bridgehead atoms. The lowest BCUT2D eigenvalue weighted by atomic mass is 9.89. The second-order valence-electron chi connectivity index (χ2n) is 5.60. The van der Waals surface area contributed by atoms with Crippen LogP contribution in [-0.2, 0) is 20.9 Å². The highest BCUT2D eigenvalue weighted by molar-refractivity contribution is 5.84. The fourth-order valence-electron chi connectivity index (χ4n) is 2.25. The van der Waals surface area contributed by atoms with Crippen LogP contribution in [0.3, 0.4) is 0 Å². The molecule has 1 aromatic rings. The molecule has 0 aromatic heterocycles. The third-order valence-corrected chi connectivity index (χ3v) is 3.11. The molecule has 0 radical (unpaired) electrons. The van der Waals surface area contributed by atoms with Crippen LogP contribution in [0.5, 0.6) is 0 Å². The molecule has 0 saturated heterocycles. The summed E-state index contributed by atoms with van der Waals surface area (Å²) < 4.78 is 10.1. The number of hydrogen-bond donors (Lipinski definition) is 2. The molecule has 0 aliphatic heterocycles. The van der Waals surface area contributed by atoms with E-state index in [2.05, 4.69) is 5.32 Å². The van der Waals surface area contributed by atoms with Crippen LogP contribution in [-0.4, -0.2) is 36.4 Å². The first kappa shape index (κ1) is 18.0. The van der Waals surface area contributed by atoms with Gasteiger partial charge in [0.25, 0.3) is 0 Å². The number of alkyl carbamates (subject to hydrolysis) is 1. The molecule has 0 fully saturated rings. The lowest BCUT2D eigenvalue weighted by Crippen LogP contribution is -2.58. The topological polar surface area (TPSA) is 84.9 Å². The first-order valence-electron chi connectivity index (χ1n) is 7.11. The smallest absolute Gasteiger partial charge is 0.408 e. The van der Waals surface area contributed by atoms with Crippen molar-refractivity contribution in [1.82, 2.24) is 5.32 Å². The van der Waals surface area contributed by atoms with Gasteiger partial charge in [0, 0.05) is 7.11 Å². The highest BCUT2D eigenvalue weighted by Gasteiger charge is 2.41. The molecule has 1 amide bonds. The van der Waals surface area contributed by atoms with Crippen molar-refractivity contribution in [1.29, 1.82) is 0 Å². The molecule has 0 heterocycles. The Morgan fingerprint density at radius 2 is 1.91 bits per heavy atom. The minimum atomic E-state index is -1.49. The monoisotopic (exact) mass is 309 g/mol. The Balaban J connectivity index is 2.71. The second-order valence-corrected chi connectivity index (χ2v) is 5.60. The van der Waals surface area contributed by atoms with Crippen molar-refractivity contribution in [3.63, 3.8) is 0 Å². The van der Waals surface area contributed by atoms with E-state index in [0.717, 1.165) is 5.56 Å². The summed E-state index contributed by atoms with van der Waals surface area (Å²) in [7, 11) is 1.40. The van der Waals surface area contributed by atoms with Gasteiger partial charge in [-0.3, -0.25) is 0 Å². The Bertz CT molecular complexity index is 489. The maximum absolute atomic E-state index is 11.9. The predicted molar refractivity (Wildman–Crippen MR) is 81.5 cm³/mol. The van der Waals surface area contributed by atoms with Crippen LogP contribution in [0, 0.1) is 5.92 Å². The van der Waals surface area contributed by atoms with E-state index in [1.165, 1.54) is 7.11 Å². The zero-order valence-corrected chi connectivity index (χ0v) is 13.2. The fourth-order valence-corrected chi connectivity index (χ4v) is 2.25. The molecular weight excluding hydrogens is 286 g/mol. The molecule has 0 aliphatic carbocycles. The SMILES string of the molecule is COCC(CC(C)C)(NC(=O)OCc1ccccc1)C(=O)O. The molecule has 22 heavy (non-hydrogen) atoms. The van der Waals surface area contributed by atoms with Crippen LogP contribution in [0.25, 0.3) is 0 Å². The van der Waals surface area contributed by atoms with E-state index >= 15 is 0 Å². The molecule has 6 nitrogen and oxygen atoms in total. The Morgan fingerprint density at radius 3 is 2.41 bits per heavy atom. The molecule has 1 unspecified atom stereocenters. The summed E-state index contributed by atoms with van der Waals surface area (Å²) in [4.78, 5) is 23.5. The number of carboxylic acids is 1. The maximum atomic E-state index is 11.9. The van der Waals surface area contributed by atoms with Crippen LogP contribution in [0.2, 0.25) is 0 Å². The summed E-state index contributed by atoms with van der Waals surface area (Å²) >= 11 is 0. The average Bonchev–Trinajstić information content (AvgIpc) is 2.45. The van der Waals surface area contributed by atoms with Crippen molar-refractivity contribution in [3.05, 3.63) is 35.9 Å². The van der Waals surface area contributed by atoms with Gasteiger partial charge in [-0.05, 0) is 17.9 Å². The van der Waals surface area contributed by atoms with Gasteiger partial charge in [-0.1, -0.05) is 44.2 Å². The van der Waals surface area contributed by atoms with Crippen LogP contribution >= 0.6 is 0 Å². The van der Waals surface area contributed by atoms with Gasteiger partial charge in [-0.15, -0.1) is 0 Å². The van der Waals surface area contributed by atoms with Gasteiger partial charge in [0.2, 0.25) is 0 Å². The first-order chi connectivity index (χ1) is 10.4. The Hall–Kier alpha value is -2.08. The van der Waals surface area contributed by atoms with Gasteiger partial charge >= 0.3 is 12.1 Å². The zero-order chi connectivity index (χ0) is 16.6. The molecule has 2 N–H and O–H groups in total. The van der Waals surface area contributed by atoms with E-state index in [0.29, 0.717) is 0 Å². The number of carbonyl (C=O) groups excluding carboxylic acids is 1. The number of aliphatic carboxylic acids is 1. The van der Waals surface area contributed by atoms with Crippen molar-refractivity contribution < 1.29 is 24.2 Å². The Labute approximate surface area is 130 Å². The molecule has 1 aromatic carbocycles. The molecule has 1 rings (SSSR count). The molecule has 0 saturated carbocycles. The van der Waals surface area contributed by atoms with Crippen LogP contribution in [0.4, 0.5) is 4.79 Å². The van der Waals surface area contributed by atoms with Gasteiger partial charge in [0.05, 0.1) is 6.61 Å². The van der Waals surface area contributed by atoms with Crippen LogP contribution < -0.4 is 5.32 Å². The third-order valence-electron chi connectivity index (χ3n) is 3.11. The number of hydrogen-bond acceptors (Lipinski definition) is 4. The highest BCUT2D eigenvalue weighted by atomic mass is 16.5. The number of carbonyl (C=O) groups is 2. The minimum absolute atomic E-state index is 0.0701. The van der Waals surface area contributed by atoms with E-state index < -0.39 is 17.6 Å². The number of methoxy groups -OCH3 is 1. The summed E-state index contributed by atoms with van der Waals surface area (Å²) in [6.07, 6.45) is -0.527. The lowest BCUT2D eigenvalue weighted by Gasteiger charge is -2.30. The molecule has 0 aliphatic rings. The van der Waals surface area contributed by atoms with E-state index in [4.69, 9.17) is 9.47 Å². The summed E-state index contributed by atoms with van der Waals surface area (Å²) in [5, 5.41) is 11.9. The van der Waals surface area contributed by atoms with Crippen molar-refractivity contribution in [3.8, 4) is 0 Å². The summed E-state index contributed by atoms with van der Waals surface area (Å²) in [6.45, 7) is 3.71. The van der Waals surface area contributed by atoms with E-state index in [9.17, 15) is 14.7 Å². The minimum Gasteiger partial charge on any atom is -0.479 e. The zero-order valence-electron chi connectivity index (χ0n) is 13.2. The normalized spacial score (nSPS) is 13.5. The largest absolute Gasteiger partial charge is 0.479 e. The lowest BCUT2D eigenvalue weighted by molar-refractivity contribution is -0.148. The number of rotatable bonds is 8. The van der Waals surface area contributed by atoms with Gasteiger partial charge in [-0.2, -0.15) is 0 Å². The van der Waals surface area contributed by atoms with Crippen molar-refractivity contribution in [2.45, 2.75) is 32.4 Å². The predicted octanol–water partition coefficient (Wildman–Crippen LogP) is 2.43. The van der Waals surface area contributed by atoms with Crippen molar-refractivity contribution >= 4 is 12.1 Å². The molecule has 1 atom stereocenters. The number of carboxylic acid groups (broad SMARTS) is 1. The van der Waals surface area contributed by atoms with E-state index in [1.807, 2.05) is 44.2 Å². The summed E-state index contributed by atoms with van der Waals surface area (Å²) in [5.41, 5.74) is -0.661. The number of ether oxygens (including phenoxy) is 2. The number of benzene rings is 1. The maximum Gasteiger partial charge on any atom is 0.408 e. The average molecular weight is 309 g/mol. The number of amides is 1. The quantitative estimate of drug-likeness (QED) is 0.770. The van der Waals surface area contributed by atoms with Gasteiger partial charge in [0.15, 0.2) is 5.54 Å². The summed E-state index contributed by atoms with van der Waals surface area (Å²) in [5.74, 6) is -1.07. The molecular formula is C16H23NO5. The van der Waals surface area contributed by atoms with E-state index in [1.54, 1.807) is 0 Å². The molecule has 122 valence electrons. The highest BCUT2D eigenvalue weighted by Crippen LogP contribution is 2.19. The van der Waals surface area contributed by atoms with E-state index in [-0.39, 0.29) is 25.6 Å². The Kier molecular flexibility index (Phi) is 6.85. The molecule has 6 heteroatoms.